The molecule has 0 aromatic heterocycles. The lowest BCUT2D eigenvalue weighted by Crippen LogP contribution is -2.25. The van der Waals surface area contributed by atoms with Crippen LogP contribution in [0.3, 0.4) is 0 Å². The quantitative estimate of drug-likeness (QED) is 0.764. The van der Waals surface area contributed by atoms with E-state index in [9.17, 15) is 9.18 Å². The van der Waals surface area contributed by atoms with E-state index in [2.05, 4.69) is 6.58 Å². The molecule has 1 heterocycles. The molecular formula is C15H18FNO2. The molecule has 0 spiro atoms. The molecule has 19 heavy (non-hydrogen) atoms. The van der Waals surface area contributed by atoms with Crippen molar-refractivity contribution < 1.29 is 13.9 Å². The molecule has 1 atom stereocenters. The number of ether oxygens (including phenoxy) is 1. The third-order valence-corrected chi connectivity index (χ3v) is 3.16. The first kappa shape index (κ1) is 13.6. The van der Waals surface area contributed by atoms with Gasteiger partial charge in [-0.1, -0.05) is 13.0 Å². The minimum atomic E-state index is -0.359. The topological polar surface area (TPSA) is 29.5 Å². The van der Waals surface area contributed by atoms with Crippen molar-refractivity contribution in [2.75, 3.05) is 18.1 Å². The number of halogens is 1. The zero-order valence-corrected chi connectivity index (χ0v) is 11.1. The van der Waals surface area contributed by atoms with E-state index in [-0.39, 0.29) is 17.6 Å². The van der Waals surface area contributed by atoms with E-state index in [0.717, 1.165) is 6.42 Å². The number of rotatable bonds is 5. The van der Waals surface area contributed by atoms with E-state index < -0.39 is 0 Å². The summed E-state index contributed by atoms with van der Waals surface area (Å²) in [5.41, 5.74) is 0.643. The third kappa shape index (κ3) is 2.95. The minimum Gasteiger partial charge on any atom is -0.491 e. The molecule has 0 aliphatic carbocycles. The van der Waals surface area contributed by atoms with Crippen LogP contribution in [-0.2, 0) is 4.79 Å². The second-order valence-corrected chi connectivity index (χ2v) is 4.66. The van der Waals surface area contributed by atoms with Gasteiger partial charge in [-0.15, -0.1) is 6.58 Å². The standard InChI is InChI=1S/C15H18FNO2/c1-3-7-19-14-9-12(16)5-6-13(14)17-10-11(4-2)8-15(17)18/h4-6,9,11H,2-3,7-8,10H2,1H3. The molecule has 2 rings (SSSR count). The van der Waals surface area contributed by atoms with Crippen LogP contribution in [0.25, 0.3) is 0 Å². The first-order chi connectivity index (χ1) is 9.15. The van der Waals surface area contributed by atoms with Crippen LogP contribution in [0, 0.1) is 11.7 Å². The van der Waals surface area contributed by atoms with Gasteiger partial charge < -0.3 is 9.64 Å². The number of hydrogen-bond acceptors (Lipinski definition) is 2. The largest absolute Gasteiger partial charge is 0.491 e. The van der Waals surface area contributed by atoms with Crippen molar-refractivity contribution in [2.45, 2.75) is 19.8 Å². The highest BCUT2D eigenvalue weighted by molar-refractivity contribution is 5.97. The van der Waals surface area contributed by atoms with Crippen LogP contribution in [0.1, 0.15) is 19.8 Å². The summed E-state index contributed by atoms with van der Waals surface area (Å²) in [5, 5.41) is 0. The molecule has 1 aliphatic heterocycles. The van der Waals surface area contributed by atoms with Crippen LogP contribution in [0.2, 0.25) is 0 Å². The third-order valence-electron chi connectivity index (χ3n) is 3.16. The Bertz CT molecular complexity index is 487. The van der Waals surface area contributed by atoms with Gasteiger partial charge in [-0.3, -0.25) is 4.79 Å². The van der Waals surface area contributed by atoms with Crippen LogP contribution >= 0.6 is 0 Å². The summed E-state index contributed by atoms with van der Waals surface area (Å²) in [7, 11) is 0. The second-order valence-electron chi connectivity index (χ2n) is 4.66. The molecule has 3 nitrogen and oxygen atoms in total. The SMILES string of the molecule is C=CC1CC(=O)N(c2ccc(F)cc2OCCC)C1. The molecule has 1 fully saturated rings. The Morgan fingerprint density at radius 2 is 2.37 bits per heavy atom. The molecule has 1 amide bonds. The molecule has 0 saturated carbocycles. The summed E-state index contributed by atoms with van der Waals surface area (Å²) in [6, 6.07) is 4.28. The number of carbonyl (C=O) groups is 1. The van der Waals surface area contributed by atoms with Crippen molar-refractivity contribution in [3.63, 3.8) is 0 Å². The highest BCUT2D eigenvalue weighted by Crippen LogP contribution is 2.34. The van der Waals surface area contributed by atoms with Crippen molar-refractivity contribution in [2.24, 2.45) is 5.92 Å². The Morgan fingerprint density at radius 1 is 1.58 bits per heavy atom. The lowest BCUT2D eigenvalue weighted by atomic mass is 10.1. The van der Waals surface area contributed by atoms with Gasteiger partial charge in [0.25, 0.3) is 0 Å². The van der Waals surface area contributed by atoms with Gasteiger partial charge in [-0.25, -0.2) is 4.39 Å². The first-order valence-electron chi connectivity index (χ1n) is 6.51. The molecule has 1 aliphatic rings. The fourth-order valence-electron chi connectivity index (χ4n) is 2.16. The smallest absolute Gasteiger partial charge is 0.227 e. The van der Waals surface area contributed by atoms with Crippen LogP contribution in [0.5, 0.6) is 5.75 Å². The van der Waals surface area contributed by atoms with Crippen LogP contribution in [0.15, 0.2) is 30.9 Å². The summed E-state index contributed by atoms with van der Waals surface area (Å²) in [4.78, 5) is 13.6. The predicted molar refractivity (Wildman–Crippen MR) is 72.8 cm³/mol. The molecule has 0 radical (unpaired) electrons. The summed E-state index contributed by atoms with van der Waals surface area (Å²) in [6.45, 7) is 6.78. The molecule has 1 aromatic carbocycles. The molecule has 1 unspecified atom stereocenters. The number of hydrogen-bond donors (Lipinski definition) is 0. The number of benzene rings is 1. The van der Waals surface area contributed by atoms with Gasteiger partial charge in [0, 0.05) is 24.9 Å². The predicted octanol–water partition coefficient (Wildman–Crippen LogP) is 3.15. The monoisotopic (exact) mass is 263 g/mol. The summed E-state index contributed by atoms with van der Waals surface area (Å²) in [5.74, 6) is 0.246. The normalized spacial score (nSPS) is 18.7. The summed E-state index contributed by atoms with van der Waals surface area (Å²) < 4.78 is 18.8. The molecule has 0 bridgehead atoms. The van der Waals surface area contributed by atoms with Crippen molar-refractivity contribution in [1.29, 1.82) is 0 Å². The highest BCUT2D eigenvalue weighted by Gasteiger charge is 2.30. The molecule has 0 N–H and O–H groups in total. The van der Waals surface area contributed by atoms with E-state index in [1.54, 1.807) is 17.0 Å². The van der Waals surface area contributed by atoms with E-state index in [0.29, 0.717) is 31.0 Å². The van der Waals surface area contributed by atoms with Crippen molar-refractivity contribution in [1.82, 2.24) is 0 Å². The van der Waals surface area contributed by atoms with E-state index >= 15 is 0 Å². The van der Waals surface area contributed by atoms with Gasteiger partial charge in [-0.2, -0.15) is 0 Å². The number of carbonyl (C=O) groups excluding carboxylic acids is 1. The maximum absolute atomic E-state index is 13.3. The number of anilines is 1. The maximum atomic E-state index is 13.3. The highest BCUT2D eigenvalue weighted by atomic mass is 19.1. The molecule has 1 aromatic rings. The van der Waals surface area contributed by atoms with Gasteiger partial charge in [0.1, 0.15) is 11.6 Å². The van der Waals surface area contributed by atoms with Gasteiger partial charge >= 0.3 is 0 Å². The van der Waals surface area contributed by atoms with Gasteiger partial charge in [0.2, 0.25) is 5.91 Å². The van der Waals surface area contributed by atoms with Crippen molar-refractivity contribution in [3.8, 4) is 5.75 Å². The number of amides is 1. The van der Waals surface area contributed by atoms with E-state index in [1.807, 2.05) is 6.92 Å². The van der Waals surface area contributed by atoms with E-state index in [4.69, 9.17) is 4.74 Å². The molecular weight excluding hydrogens is 245 g/mol. The van der Waals surface area contributed by atoms with Crippen LogP contribution in [-0.4, -0.2) is 19.1 Å². The fourth-order valence-corrected chi connectivity index (χ4v) is 2.16. The van der Waals surface area contributed by atoms with Gasteiger partial charge in [0.05, 0.1) is 12.3 Å². The maximum Gasteiger partial charge on any atom is 0.227 e. The second kappa shape index (κ2) is 5.87. The van der Waals surface area contributed by atoms with Crippen LogP contribution < -0.4 is 9.64 Å². The fraction of sp³-hybridized carbons (Fsp3) is 0.400. The Balaban J connectivity index is 2.28. The van der Waals surface area contributed by atoms with E-state index in [1.165, 1.54) is 12.1 Å². The molecule has 4 heteroatoms. The minimum absolute atomic E-state index is 0.0258. The number of nitrogens with zero attached hydrogens (tertiary/aromatic N) is 1. The summed E-state index contributed by atoms with van der Waals surface area (Å²) in [6.07, 6.45) is 3.07. The molecule has 102 valence electrons. The Hall–Kier alpha value is -1.84. The first-order valence-corrected chi connectivity index (χ1v) is 6.51. The summed E-state index contributed by atoms with van der Waals surface area (Å²) >= 11 is 0. The average molecular weight is 263 g/mol. The van der Waals surface area contributed by atoms with Crippen molar-refractivity contribution in [3.05, 3.63) is 36.7 Å². The lowest BCUT2D eigenvalue weighted by Gasteiger charge is -2.20. The van der Waals surface area contributed by atoms with Gasteiger partial charge in [0.15, 0.2) is 0 Å². The molecule has 1 saturated heterocycles. The zero-order chi connectivity index (χ0) is 13.8. The average Bonchev–Trinajstić information content (AvgIpc) is 2.78. The Kier molecular flexibility index (Phi) is 4.20. The van der Waals surface area contributed by atoms with Crippen molar-refractivity contribution >= 4 is 11.6 Å². The lowest BCUT2D eigenvalue weighted by molar-refractivity contribution is -0.117. The van der Waals surface area contributed by atoms with Gasteiger partial charge in [-0.05, 0) is 18.6 Å². The Morgan fingerprint density at radius 3 is 3.00 bits per heavy atom. The zero-order valence-electron chi connectivity index (χ0n) is 11.1. The van der Waals surface area contributed by atoms with Crippen LogP contribution in [0.4, 0.5) is 10.1 Å². The Labute approximate surface area is 112 Å².